The number of pyridine rings is 1. The molecule has 8 nitrogen and oxygen atoms in total. The fourth-order valence-electron chi connectivity index (χ4n) is 1.35. The summed E-state index contributed by atoms with van der Waals surface area (Å²) in [7, 11) is -3.66. The Bertz CT molecular complexity index is 650. The lowest BCUT2D eigenvalue weighted by Gasteiger charge is -2.05. The quantitative estimate of drug-likeness (QED) is 0.527. The van der Waals surface area contributed by atoms with Crippen molar-refractivity contribution < 1.29 is 12.8 Å². The van der Waals surface area contributed by atoms with E-state index in [4.69, 9.17) is 10.3 Å². The van der Waals surface area contributed by atoms with Crippen molar-refractivity contribution in [1.29, 1.82) is 0 Å². The normalized spacial score (nSPS) is 11.5. The third kappa shape index (κ3) is 3.28. The van der Waals surface area contributed by atoms with E-state index in [0.717, 1.165) is 0 Å². The van der Waals surface area contributed by atoms with Gasteiger partial charge in [0.1, 0.15) is 16.5 Å². The van der Waals surface area contributed by atoms with Gasteiger partial charge < -0.3 is 9.84 Å². The first-order chi connectivity index (χ1) is 9.01. The van der Waals surface area contributed by atoms with Gasteiger partial charge in [0.05, 0.1) is 12.7 Å². The Kier molecular flexibility index (Phi) is 3.79. The van der Waals surface area contributed by atoms with Gasteiger partial charge >= 0.3 is 0 Å². The fourth-order valence-corrected chi connectivity index (χ4v) is 2.27. The molecule has 0 saturated carbocycles. The van der Waals surface area contributed by atoms with E-state index in [1.807, 2.05) is 0 Å². The Hall–Kier alpha value is -1.97. The third-order valence-corrected chi connectivity index (χ3v) is 3.66. The van der Waals surface area contributed by atoms with E-state index in [9.17, 15) is 8.42 Å². The van der Waals surface area contributed by atoms with E-state index in [1.165, 1.54) is 24.5 Å². The number of aryl methyl sites for hydroxylation is 1. The number of aromatic nitrogens is 2. The van der Waals surface area contributed by atoms with Crippen molar-refractivity contribution in [1.82, 2.24) is 14.7 Å². The van der Waals surface area contributed by atoms with Crippen LogP contribution in [0.4, 0.5) is 5.82 Å². The first-order valence-electron chi connectivity index (χ1n) is 5.35. The van der Waals surface area contributed by atoms with E-state index in [-0.39, 0.29) is 11.4 Å². The van der Waals surface area contributed by atoms with Crippen LogP contribution >= 0.6 is 0 Å². The van der Waals surface area contributed by atoms with Crippen molar-refractivity contribution >= 4 is 15.8 Å². The maximum atomic E-state index is 11.9. The summed E-state index contributed by atoms with van der Waals surface area (Å²) in [6.45, 7) is 1.71. The highest BCUT2D eigenvalue weighted by molar-refractivity contribution is 7.89. The molecule has 0 aliphatic rings. The number of hydrazine groups is 1. The summed E-state index contributed by atoms with van der Waals surface area (Å²) >= 11 is 0. The number of anilines is 1. The summed E-state index contributed by atoms with van der Waals surface area (Å²) in [5.41, 5.74) is 2.31. The van der Waals surface area contributed by atoms with Gasteiger partial charge in [0.15, 0.2) is 0 Å². The highest BCUT2D eigenvalue weighted by atomic mass is 32.2. The van der Waals surface area contributed by atoms with Gasteiger partial charge in [-0.25, -0.2) is 29.0 Å². The highest BCUT2D eigenvalue weighted by Gasteiger charge is 2.15. The van der Waals surface area contributed by atoms with Gasteiger partial charge in [0, 0.05) is 6.20 Å². The molecule has 2 rings (SSSR count). The Morgan fingerprint density at radius 3 is 2.63 bits per heavy atom. The lowest BCUT2D eigenvalue weighted by molar-refractivity contribution is 0.463. The maximum absolute atomic E-state index is 11.9. The van der Waals surface area contributed by atoms with Crippen molar-refractivity contribution in [2.24, 2.45) is 5.84 Å². The molecule has 102 valence electrons. The minimum Gasteiger partial charge on any atom is -0.445 e. The van der Waals surface area contributed by atoms with Crippen LogP contribution in [0.25, 0.3) is 0 Å². The molecule has 0 spiro atoms. The molecule has 0 radical (unpaired) electrons. The van der Waals surface area contributed by atoms with E-state index in [0.29, 0.717) is 17.5 Å². The first-order valence-corrected chi connectivity index (χ1v) is 6.83. The van der Waals surface area contributed by atoms with E-state index < -0.39 is 10.0 Å². The van der Waals surface area contributed by atoms with Gasteiger partial charge in [-0.05, 0) is 19.1 Å². The van der Waals surface area contributed by atoms with Crippen LogP contribution in [-0.2, 0) is 16.6 Å². The summed E-state index contributed by atoms with van der Waals surface area (Å²) in [6.07, 6.45) is 2.73. The molecule has 0 saturated heterocycles. The molecule has 2 heterocycles. The molecule has 0 aliphatic carbocycles. The molecule has 2 aromatic heterocycles. The topological polar surface area (TPSA) is 123 Å². The van der Waals surface area contributed by atoms with E-state index >= 15 is 0 Å². The van der Waals surface area contributed by atoms with Crippen LogP contribution in [0.3, 0.4) is 0 Å². The average Bonchev–Trinajstić information content (AvgIpc) is 2.82. The van der Waals surface area contributed by atoms with Gasteiger partial charge in [0.2, 0.25) is 15.9 Å². The zero-order chi connectivity index (χ0) is 13.9. The zero-order valence-corrected chi connectivity index (χ0v) is 10.9. The number of hydrogen-bond donors (Lipinski definition) is 3. The second-order valence-corrected chi connectivity index (χ2v) is 5.48. The fraction of sp³-hybridized carbons (Fsp3) is 0.200. The maximum Gasteiger partial charge on any atom is 0.242 e. The molecule has 0 fully saturated rings. The lowest BCUT2D eigenvalue weighted by Crippen LogP contribution is -2.23. The van der Waals surface area contributed by atoms with Crippen molar-refractivity contribution in [3.63, 3.8) is 0 Å². The molecule has 2 aromatic rings. The number of rotatable bonds is 5. The molecule has 0 atom stereocenters. The number of hydrogen-bond acceptors (Lipinski definition) is 7. The number of oxazole rings is 1. The van der Waals surface area contributed by atoms with E-state index in [2.05, 4.69) is 20.1 Å². The van der Waals surface area contributed by atoms with Crippen LogP contribution in [0, 0.1) is 6.92 Å². The molecule has 0 bridgehead atoms. The van der Waals surface area contributed by atoms with E-state index in [1.54, 1.807) is 6.92 Å². The second kappa shape index (κ2) is 5.34. The Morgan fingerprint density at radius 2 is 2.11 bits per heavy atom. The number of sulfonamides is 1. The molecule has 9 heteroatoms. The number of nitrogens with two attached hydrogens (primary N) is 1. The van der Waals surface area contributed by atoms with Gasteiger partial charge in [0.25, 0.3) is 0 Å². The summed E-state index contributed by atoms with van der Waals surface area (Å²) in [5.74, 6) is 6.44. The summed E-state index contributed by atoms with van der Waals surface area (Å²) < 4.78 is 31.4. The predicted molar refractivity (Wildman–Crippen MR) is 67.3 cm³/mol. The van der Waals surface area contributed by atoms with Crippen LogP contribution in [-0.4, -0.2) is 18.4 Å². The smallest absolute Gasteiger partial charge is 0.242 e. The van der Waals surface area contributed by atoms with Crippen LogP contribution in [0.15, 0.2) is 33.8 Å². The van der Waals surface area contributed by atoms with Gasteiger partial charge in [-0.2, -0.15) is 0 Å². The number of nitrogen functional groups attached to an aromatic ring is 1. The van der Waals surface area contributed by atoms with Gasteiger partial charge in [-0.15, -0.1) is 0 Å². The molecule has 0 unspecified atom stereocenters. The zero-order valence-electron chi connectivity index (χ0n) is 10.1. The summed E-state index contributed by atoms with van der Waals surface area (Å²) in [5, 5.41) is 0. The number of nitrogens with one attached hydrogen (secondary N) is 2. The minimum absolute atomic E-state index is 0.0208. The molecule has 0 amide bonds. The van der Waals surface area contributed by atoms with Gasteiger partial charge in [-0.3, -0.25) is 0 Å². The van der Waals surface area contributed by atoms with Crippen molar-refractivity contribution in [2.75, 3.05) is 5.43 Å². The molecular weight excluding hydrogens is 270 g/mol. The molecular formula is C10H13N5O3S. The Balaban J connectivity index is 2.09. The molecule has 19 heavy (non-hydrogen) atoms. The van der Waals surface area contributed by atoms with Crippen LogP contribution < -0.4 is 16.0 Å². The summed E-state index contributed by atoms with van der Waals surface area (Å²) in [4.78, 5) is 7.77. The van der Waals surface area contributed by atoms with Crippen LogP contribution in [0.2, 0.25) is 0 Å². The number of nitrogens with zero attached hydrogens (tertiary/aromatic N) is 2. The highest BCUT2D eigenvalue weighted by Crippen LogP contribution is 2.10. The lowest BCUT2D eigenvalue weighted by atomic mass is 10.5. The molecule has 0 aromatic carbocycles. The third-order valence-electron chi connectivity index (χ3n) is 2.28. The average molecular weight is 283 g/mol. The standard InChI is InChI=1S/C10H13N5O3S/c1-7-4-13-10(18-7)6-14-19(16,17)8-2-3-9(15-11)12-5-8/h2-5,14H,6,11H2,1H3,(H,12,15). The largest absolute Gasteiger partial charge is 0.445 e. The second-order valence-electron chi connectivity index (χ2n) is 3.71. The van der Waals surface area contributed by atoms with Crippen molar-refractivity contribution in [2.45, 2.75) is 18.4 Å². The first kappa shape index (κ1) is 13.5. The SMILES string of the molecule is Cc1cnc(CNS(=O)(=O)c2ccc(NN)nc2)o1. The molecule has 0 aliphatic heterocycles. The summed E-state index contributed by atoms with van der Waals surface area (Å²) in [6, 6.07) is 2.86. The minimum atomic E-state index is -3.66. The van der Waals surface area contributed by atoms with Crippen LogP contribution in [0.5, 0.6) is 0 Å². The Morgan fingerprint density at radius 1 is 1.32 bits per heavy atom. The van der Waals surface area contributed by atoms with Crippen LogP contribution in [0.1, 0.15) is 11.7 Å². The van der Waals surface area contributed by atoms with Crippen molar-refractivity contribution in [3.05, 3.63) is 36.2 Å². The Labute approximate surface area is 110 Å². The predicted octanol–water partition coefficient (Wildman–Crippen LogP) is 0.142. The monoisotopic (exact) mass is 283 g/mol. The van der Waals surface area contributed by atoms with Crippen molar-refractivity contribution in [3.8, 4) is 0 Å². The van der Waals surface area contributed by atoms with Gasteiger partial charge in [-0.1, -0.05) is 0 Å². The molecule has 4 N–H and O–H groups in total.